The number of carbonyl (C=O) groups excluding carboxylic acids is 1. The molecule has 0 aliphatic heterocycles. The summed E-state index contributed by atoms with van der Waals surface area (Å²) >= 11 is 5.45. The van der Waals surface area contributed by atoms with Crippen molar-refractivity contribution in [3.05, 3.63) is 35.1 Å². The van der Waals surface area contributed by atoms with Gasteiger partial charge in [-0.1, -0.05) is 19.3 Å². The predicted octanol–water partition coefficient (Wildman–Crippen LogP) is 2.28. The molecule has 6 nitrogen and oxygen atoms in total. The quantitative estimate of drug-likeness (QED) is 0.880. The van der Waals surface area contributed by atoms with E-state index in [1.807, 2.05) is 40.8 Å². The molecule has 0 aromatic carbocycles. The van der Waals surface area contributed by atoms with Crippen LogP contribution in [0.2, 0.25) is 0 Å². The maximum absolute atomic E-state index is 12.2. The van der Waals surface area contributed by atoms with Gasteiger partial charge in [-0.05, 0) is 44.1 Å². The first-order valence-electron chi connectivity index (χ1n) is 7.74. The van der Waals surface area contributed by atoms with Crippen LogP contribution in [0.5, 0.6) is 0 Å². The third kappa shape index (κ3) is 3.14. The summed E-state index contributed by atoms with van der Waals surface area (Å²) < 4.78 is 5.78. The zero-order chi connectivity index (χ0) is 15.5. The van der Waals surface area contributed by atoms with E-state index in [2.05, 4.69) is 10.4 Å². The summed E-state index contributed by atoms with van der Waals surface area (Å²) in [6.07, 6.45) is 9.63. The normalized spacial score (nSPS) is 15.9. The van der Waals surface area contributed by atoms with E-state index in [9.17, 15) is 4.79 Å². The number of hydrogen-bond acceptors (Lipinski definition) is 3. The first-order chi connectivity index (χ1) is 10.6. The van der Waals surface area contributed by atoms with Gasteiger partial charge in [0.2, 0.25) is 10.7 Å². The average molecular weight is 319 g/mol. The highest BCUT2D eigenvalue weighted by molar-refractivity contribution is 7.71. The zero-order valence-corrected chi connectivity index (χ0v) is 13.6. The molecule has 7 heteroatoms. The number of aryl methyl sites for hydroxylation is 1. The Kier molecular flexibility index (Phi) is 4.42. The fourth-order valence-electron chi connectivity index (χ4n) is 2.99. The lowest BCUT2D eigenvalue weighted by Gasteiger charge is -2.22. The van der Waals surface area contributed by atoms with E-state index < -0.39 is 0 Å². The van der Waals surface area contributed by atoms with Crippen LogP contribution in [0, 0.1) is 11.7 Å². The first-order valence-corrected chi connectivity index (χ1v) is 8.15. The number of rotatable bonds is 4. The molecule has 1 fully saturated rings. The number of hydrogen-bond donors (Lipinski definition) is 1. The Morgan fingerprint density at radius 1 is 1.32 bits per heavy atom. The van der Waals surface area contributed by atoms with Crippen LogP contribution in [0.15, 0.2) is 24.5 Å². The number of aromatic nitrogens is 4. The molecule has 0 bridgehead atoms. The highest BCUT2D eigenvalue weighted by Crippen LogP contribution is 2.17. The van der Waals surface area contributed by atoms with E-state index in [1.165, 1.54) is 19.3 Å². The summed E-state index contributed by atoms with van der Waals surface area (Å²) in [4.78, 5) is 12.2. The van der Waals surface area contributed by atoms with Crippen LogP contribution >= 0.6 is 12.2 Å². The van der Waals surface area contributed by atoms with Gasteiger partial charge < -0.3 is 5.32 Å². The Hall–Kier alpha value is -1.89. The number of nitrogens with zero attached hydrogens (tertiary/aromatic N) is 4. The molecule has 0 spiro atoms. The minimum Gasteiger partial charge on any atom is -0.352 e. The van der Waals surface area contributed by atoms with Gasteiger partial charge in [-0.15, -0.1) is 0 Å². The van der Waals surface area contributed by atoms with E-state index in [0.717, 1.165) is 18.7 Å². The van der Waals surface area contributed by atoms with Gasteiger partial charge in [-0.2, -0.15) is 5.10 Å². The molecule has 1 amide bonds. The monoisotopic (exact) mass is 319 g/mol. The largest absolute Gasteiger partial charge is 0.352 e. The van der Waals surface area contributed by atoms with Crippen molar-refractivity contribution in [2.75, 3.05) is 0 Å². The summed E-state index contributed by atoms with van der Waals surface area (Å²) in [6.45, 7) is 2.05. The maximum atomic E-state index is 12.2. The molecule has 118 valence electrons. The van der Waals surface area contributed by atoms with Crippen molar-refractivity contribution in [2.45, 2.75) is 51.6 Å². The first kappa shape index (κ1) is 15.0. The second-order valence-electron chi connectivity index (χ2n) is 5.76. The van der Waals surface area contributed by atoms with Gasteiger partial charge in [-0.25, -0.2) is 9.36 Å². The van der Waals surface area contributed by atoms with Crippen LogP contribution in [-0.4, -0.2) is 31.1 Å². The van der Waals surface area contributed by atoms with Crippen molar-refractivity contribution in [3.63, 3.8) is 0 Å². The molecule has 1 aliphatic carbocycles. The van der Waals surface area contributed by atoms with Crippen LogP contribution in [0.4, 0.5) is 0 Å². The van der Waals surface area contributed by atoms with E-state index in [0.29, 0.717) is 10.8 Å². The van der Waals surface area contributed by atoms with Gasteiger partial charge in [0.05, 0.1) is 0 Å². The molecule has 0 saturated heterocycles. The van der Waals surface area contributed by atoms with E-state index >= 15 is 0 Å². The van der Waals surface area contributed by atoms with Gasteiger partial charge in [0.15, 0.2) is 0 Å². The summed E-state index contributed by atoms with van der Waals surface area (Å²) in [5.41, 5.74) is 0. The van der Waals surface area contributed by atoms with Crippen molar-refractivity contribution in [2.24, 2.45) is 0 Å². The standard InChI is InChI=1S/C15H21N5OS/c1-12-17-19(15(22)20(12)18-9-5-6-10-18)11-14(21)16-13-7-3-2-4-8-13/h5-6,9-10,13H,2-4,7-8,11H2,1H3,(H,16,21). The fraction of sp³-hybridized carbons (Fsp3) is 0.533. The van der Waals surface area contributed by atoms with Crippen LogP contribution in [0.3, 0.4) is 0 Å². The molecule has 3 rings (SSSR count). The topological polar surface area (TPSA) is 56.8 Å². The lowest BCUT2D eigenvalue weighted by atomic mass is 9.95. The smallest absolute Gasteiger partial charge is 0.242 e. The summed E-state index contributed by atoms with van der Waals surface area (Å²) in [5.74, 6) is 0.742. The van der Waals surface area contributed by atoms with E-state index in [4.69, 9.17) is 12.2 Å². The molecule has 2 aromatic heterocycles. The molecule has 1 N–H and O–H groups in total. The van der Waals surface area contributed by atoms with Crippen LogP contribution in [0.25, 0.3) is 0 Å². The lowest BCUT2D eigenvalue weighted by Crippen LogP contribution is -2.38. The second kappa shape index (κ2) is 6.48. The molecule has 2 aromatic rings. The number of amides is 1. The number of carbonyl (C=O) groups is 1. The Morgan fingerprint density at radius 3 is 2.68 bits per heavy atom. The summed E-state index contributed by atoms with van der Waals surface area (Å²) in [7, 11) is 0. The molecule has 0 unspecified atom stereocenters. The molecule has 22 heavy (non-hydrogen) atoms. The van der Waals surface area contributed by atoms with E-state index in [1.54, 1.807) is 4.68 Å². The Bertz CT molecular complexity index is 694. The van der Waals surface area contributed by atoms with Gasteiger partial charge >= 0.3 is 0 Å². The second-order valence-corrected chi connectivity index (χ2v) is 6.13. The Labute approximate surface area is 134 Å². The van der Waals surface area contributed by atoms with Gasteiger partial charge in [-0.3, -0.25) is 9.47 Å². The van der Waals surface area contributed by atoms with Crippen molar-refractivity contribution in [1.82, 2.24) is 24.4 Å². The molecule has 1 aliphatic rings. The molecule has 0 radical (unpaired) electrons. The Balaban J connectivity index is 1.71. The number of nitrogens with one attached hydrogen (secondary N) is 1. The third-order valence-corrected chi connectivity index (χ3v) is 4.44. The van der Waals surface area contributed by atoms with E-state index in [-0.39, 0.29) is 12.5 Å². The van der Waals surface area contributed by atoms with Crippen LogP contribution in [0.1, 0.15) is 37.9 Å². The lowest BCUT2D eigenvalue weighted by molar-refractivity contribution is -0.122. The predicted molar refractivity (Wildman–Crippen MR) is 86.0 cm³/mol. The molecule has 0 atom stereocenters. The SMILES string of the molecule is Cc1nn(CC(=O)NC2CCCCC2)c(=S)n1-n1cccc1. The molecular weight excluding hydrogens is 298 g/mol. The van der Waals surface area contributed by atoms with Crippen LogP contribution in [-0.2, 0) is 11.3 Å². The minimum absolute atomic E-state index is 0.0137. The molecular formula is C15H21N5OS. The highest BCUT2D eigenvalue weighted by atomic mass is 32.1. The van der Waals surface area contributed by atoms with Gasteiger partial charge in [0.1, 0.15) is 12.4 Å². The maximum Gasteiger partial charge on any atom is 0.242 e. The summed E-state index contributed by atoms with van der Waals surface area (Å²) in [5, 5.41) is 7.49. The molecule has 2 heterocycles. The Morgan fingerprint density at radius 2 is 2.00 bits per heavy atom. The zero-order valence-electron chi connectivity index (χ0n) is 12.7. The fourth-order valence-corrected chi connectivity index (χ4v) is 3.32. The highest BCUT2D eigenvalue weighted by Gasteiger charge is 2.17. The van der Waals surface area contributed by atoms with Crippen molar-refractivity contribution in [3.8, 4) is 0 Å². The van der Waals surface area contributed by atoms with Gasteiger partial charge in [0, 0.05) is 18.4 Å². The summed E-state index contributed by atoms with van der Waals surface area (Å²) in [6, 6.07) is 4.16. The van der Waals surface area contributed by atoms with Crippen molar-refractivity contribution >= 4 is 18.1 Å². The van der Waals surface area contributed by atoms with Crippen molar-refractivity contribution in [1.29, 1.82) is 0 Å². The van der Waals surface area contributed by atoms with Crippen molar-refractivity contribution < 1.29 is 4.79 Å². The third-order valence-electron chi connectivity index (χ3n) is 4.06. The molecule has 1 saturated carbocycles. The minimum atomic E-state index is -0.0137. The van der Waals surface area contributed by atoms with Crippen LogP contribution < -0.4 is 5.32 Å². The average Bonchev–Trinajstić information content (AvgIpc) is 3.09. The van der Waals surface area contributed by atoms with Gasteiger partial charge in [0.25, 0.3) is 0 Å².